The van der Waals surface area contributed by atoms with Crippen LogP contribution in [-0.4, -0.2) is 55.2 Å². The molecule has 1 fully saturated rings. The molecule has 0 bridgehead atoms. The summed E-state index contributed by atoms with van der Waals surface area (Å²) < 4.78 is 5.66. The molecule has 0 radical (unpaired) electrons. The van der Waals surface area contributed by atoms with Gasteiger partial charge in [-0.1, -0.05) is 29.8 Å². The summed E-state index contributed by atoms with van der Waals surface area (Å²) in [5.74, 6) is 1.63. The van der Waals surface area contributed by atoms with Gasteiger partial charge in [0.1, 0.15) is 12.4 Å². The van der Waals surface area contributed by atoms with Gasteiger partial charge in [0.25, 0.3) is 0 Å². The van der Waals surface area contributed by atoms with Gasteiger partial charge in [-0.15, -0.1) is 0 Å². The molecule has 2 N–H and O–H groups in total. The SMILES string of the molecule is CN=C(NCCOc1cccnc1)NC1CCN(Cc2cccc(C)c2)CC1. The Kier molecular flexibility index (Phi) is 7.67. The number of hydrogen-bond donors (Lipinski definition) is 2. The molecule has 1 aliphatic rings. The minimum absolute atomic E-state index is 0.458. The third-order valence-electron chi connectivity index (χ3n) is 4.94. The number of guanidine groups is 1. The number of nitrogens with one attached hydrogen (secondary N) is 2. The molecule has 1 aromatic carbocycles. The van der Waals surface area contributed by atoms with Gasteiger partial charge in [-0.2, -0.15) is 0 Å². The zero-order valence-electron chi connectivity index (χ0n) is 16.9. The molecular formula is C22H31N5O. The van der Waals surface area contributed by atoms with Crippen molar-refractivity contribution in [1.29, 1.82) is 0 Å². The molecule has 0 aliphatic carbocycles. The van der Waals surface area contributed by atoms with Crippen molar-refractivity contribution in [3.63, 3.8) is 0 Å². The normalized spacial score (nSPS) is 16.0. The number of piperidine rings is 1. The lowest BCUT2D eigenvalue weighted by Crippen LogP contribution is -2.49. The Hall–Kier alpha value is -2.60. The Labute approximate surface area is 168 Å². The molecule has 0 saturated carbocycles. The van der Waals surface area contributed by atoms with Crippen molar-refractivity contribution >= 4 is 5.96 Å². The number of aryl methyl sites for hydroxylation is 1. The van der Waals surface area contributed by atoms with E-state index >= 15 is 0 Å². The highest BCUT2D eigenvalue weighted by molar-refractivity contribution is 5.79. The van der Waals surface area contributed by atoms with Gasteiger partial charge in [-0.3, -0.25) is 14.9 Å². The van der Waals surface area contributed by atoms with Crippen LogP contribution in [0.15, 0.2) is 53.8 Å². The number of nitrogens with zero attached hydrogens (tertiary/aromatic N) is 3. The molecule has 2 heterocycles. The van der Waals surface area contributed by atoms with E-state index in [1.165, 1.54) is 11.1 Å². The van der Waals surface area contributed by atoms with E-state index in [0.717, 1.165) is 44.2 Å². The van der Waals surface area contributed by atoms with Crippen molar-refractivity contribution in [2.45, 2.75) is 32.4 Å². The lowest BCUT2D eigenvalue weighted by Gasteiger charge is -2.33. The largest absolute Gasteiger partial charge is 0.490 e. The fourth-order valence-electron chi connectivity index (χ4n) is 3.46. The second kappa shape index (κ2) is 10.7. The fourth-order valence-corrected chi connectivity index (χ4v) is 3.46. The van der Waals surface area contributed by atoms with E-state index in [1.807, 2.05) is 19.2 Å². The number of ether oxygens (including phenoxy) is 1. The monoisotopic (exact) mass is 381 g/mol. The van der Waals surface area contributed by atoms with Gasteiger partial charge in [-0.05, 0) is 37.5 Å². The van der Waals surface area contributed by atoms with Crippen molar-refractivity contribution in [2.75, 3.05) is 33.3 Å². The smallest absolute Gasteiger partial charge is 0.191 e. The quantitative estimate of drug-likeness (QED) is 0.439. The predicted octanol–water partition coefficient (Wildman–Crippen LogP) is 2.60. The maximum absolute atomic E-state index is 5.66. The highest BCUT2D eigenvalue weighted by Crippen LogP contribution is 2.14. The van der Waals surface area contributed by atoms with Crippen LogP contribution in [0.5, 0.6) is 5.75 Å². The number of benzene rings is 1. The predicted molar refractivity (Wildman–Crippen MR) is 114 cm³/mol. The first kappa shape index (κ1) is 20.1. The van der Waals surface area contributed by atoms with E-state index in [4.69, 9.17) is 4.74 Å². The molecule has 1 aromatic heterocycles. The maximum atomic E-state index is 5.66. The Morgan fingerprint density at radius 2 is 2.11 bits per heavy atom. The Bertz CT molecular complexity index is 742. The number of likely N-dealkylation sites (tertiary alicyclic amines) is 1. The van der Waals surface area contributed by atoms with Gasteiger partial charge in [0.15, 0.2) is 5.96 Å². The van der Waals surface area contributed by atoms with Gasteiger partial charge >= 0.3 is 0 Å². The van der Waals surface area contributed by atoms with Crippen LogP contribution in [0.4, 0.5) is 0 Å². The fraction of sp³-hybridized carbons (Fsp3) is 0.455. The minimum atomic E-state index is 0.458. The first-order valence-electron chi connectivity index (χ1n) is 10.0. The Morgan fingerprint density at radius 3 is 2.82 bits per heavy atom. The maximum Gasteiger partial charge on any atom is 0.191 e. The van der Waals surface area contributed by atoms with Crippen LogP contribution in [0.2, 0.25) is 0 Å². The topological polar surface area (TPSA) is 61.8 Å². The average Bonchev–Trinajstić information content (AvgIpc) is 2.72. The molecule has 2 aromatic rings. The van der Waals surface area contributed by atoms with Gasteiger partial charge in [0.05, 0.1) is 12.7 Å². The van der Waals surface area contributed by atoms with E-state index in [1.54, 1.807) is 12.4 Å². The summed E-state index contributed by atoms with van der Waals surface area (Å²) in [4.78, 5) is 10.9. The summed E-state index contributed by atoms with van der Waals surface area (Å²) in [6.45, 7) is 6.66. The summed E-state index contributed by atoms with van der Waals surface area (Å²) in [7, 11) is 1.81. The van der Waals surface area contributed by atoms with Crippen LogP contribution < -0.4 is 15.4 Å². The molecule has 0 unspecified atom stereocenters. The summed E-state index contributed by atoms with van der Waals surface area (Å²) in [5.41, 5.74) is 2.73. The van der Waals surface area contributed by atoms with Crippen molar-refractivity contribution in [2.24, 2.45) is 4.99 Å². The first-order chi connectivity index (χ1) is 13.7. The lowest BCUT2D eigenvalue weighted by molar-refractivity contribution is 0.198. The van der Waals surface area contributed by atoms with Gasteiger partial charge in [-0.25, -0.2) is 0 Å². The standard InChI is InChI=1S/C22H31N5O/c1-18-5-3-6-19(15-18)17-27-12-8-20(9-13-27)26-22(23-2)25-11-14-28-21-7-4-10-24-16-21/h3-7,10,15-16,20H,8-9,11-14,17H2,1-2H3,(H2,23,25,26). The van der Waals surface area contributed by atoms with E-state index in [-0.39, 0.29) is 0 Å². The molecule has 6 heteroatoms. The molecule has 0 amide bonds. The van der Waals surface area contributed by atoms with Gasteiger partial charge < -0.3 is 15.4 Å². The van der Waals surface area contributed by atoms with Gasteiger partial charge in [0.2, 0.25) is 0 Å². The number of pyridine rings is 1. The zero-order valence-corrected chi connectivity index (χ0v) is 16.9. The molecule has 0 spiro atoms. The van der Waals surface area contributed by atoms with Crippen LogP contribution in [-0.2, 0) is 6.54 Å². The molecular weight excluding hydrogens is 350 g/mol. The molecule has 150 valence electrons. The number of aromatic nitrogens is 1. The summed E-state index contributed by atoms with van der Waals surface area (Å²) in [6, 6.07) is 13.0. The Balaban J connectivity index is 1.34. The van der Waals surface area contributed by atoms with Gasteiger partial charge in [0, 0.05) is 38.9 Å². The van der Waals surface area contributed by atoms with E-state index < -0.39 is 0 Å². The van der Waals surface area contributed by atoms with E-state index in [2.05, 4.69) is 56.7 Å². The number of aliphatic imine (C=N–C) groups is 1. The third kappa shape index (κ3) is 6.53. The van der Waals surface area contributed by atoms with E-state index in [9.17, 15) is 0 Å². The third-order valence-corrected chi connectivity index (χ3v) is 4.94. The first-order valence-corrected chi connectivity index (χ1v) is 10.0. The summed E-state index contributed by atoms with van der Waals surface area (Å²) in [6.07, 6.45) is 5.71. The zero-order chi connectivity index (χ0) is 19.6. The van der Waals surface area contributed by atoms with Crippen LogP contribution in [0.1, 0.15) is 24.0 Å². The minimum Gasteiger partial charge on any atom is -0.490 e. The van der Waals surface area contributed by atoms with Crippen molar-refractivity contribution in [1.82, 2.24) is 20.5 Å². The van der Waals surface area contributed by atoms with Crippen LogP contribution >= 0.6 is 0 Å². The van der Waals surface area contributed by atoms with E-state index in [0.29, 0.717) is 19.2 Å². The molecule has 0 atom stereocenters. The molecule has 28 heavy (non-hydrogen) atoms. The summed E-state index contributed by atoms with van der Waals surface area (Å²) >= 11 is 0. The highest BCUT2D eigenvalue weighted by atomic mass is 16.5. The number of hydrogen-bond acceptors (Lipinski definition) is 4. The molecule has 6 nitrogen and oxygen atoms in total. The summed E-state index contributed by atoms with van der Waals surface area (Å²) in [5, 5.41) is 6.87. The second-order valence-corrected chi connectivity index (χ2v) is 7.22. The van der Waals surface area contributed by atoms with Crippen molar-refractivity contribution in [3.8, 4) is 5.75 Å². The van der Waals surface area contributed by atoms with Crippen LogP contribution in [0.3, 0.4) is 0 Å². The second-order valence-electron chi connectivity index (χ2n) is 7.22. The van der Waals surface area contributed by atoms with Crippen molar-refractivity contribution < 1.29 is 4.74 Å². The van der Waals surface area contributed by atoms with Crippen LogP contribution in [0.25, 0.3) is 0 Å². The highest BCUT2D eigenvalue weighted by Gasteiger charge is 2.20. The van der Waals surface area contributed by atoms with Crippen molar-refractivity contribution in [3.05, 3.63) is 59.9 Å². The molecule has 1 aliphatic heterocycles. The Morgan fingerprint density at radius 1 is 1.25 bits per heavy atom. The lowest BCUT2D eigenvalue weighted by atomic mass is 10.0. The average molecular weight is 382 g/mol. The molecule has 3 rings (SSSR count). The number of rotatable bonds is 7. The van der Waals surface area contributed by atoms with Crippen LogP contribution in [0, 0.1) is 6.92 Å². The molecule has 1 saturated heterocycles.